The first kappa shape index (κ1) is 18.2. The third-order valence-corrected chi connectivity index (χ3v) is 6.31. The van der Waals surface area contributed by atoms with Gasteiger partial charge in [-0.15, -0.1) is 0 Å². The second-order valence-electron chi connectivity index (χ2n) is 8.11. The van der Waals surface area contributed by atoms with Crippen molar-refractivity contribution in [2.45, 2.75) is 25.9 Å². The second kappa shape index (κ2) is 7.52. The van der Waals surface area contributed by atoms with Crippen LogP contribution in [0.3, 0.4) is 0 Å². The zero-order valence-corrected chi connectivity index (χ0v) is 16.6. The summed E-state index contributed by atoms with van der Waals surface area (Å²) in [5.74, 6) is 3.02. The number of hydrogen-bond donors (Lipinski definition) is 1. The maximum Gasteiger partial charge on any atom is 0.222 e. The third-order valence-electron chi connectivity index (χ3n) is 6.31. The highest BCUT2D eigenvalue weighted by atomic mass is 16.3. The van der Waals surface area contributed by atoms with Crippen molar-refractivity contribution in [1.29, 1.82) is 0 Å². The van der Waals surface area contributed by atoms with Crippen LogP contribution in [-0.2, 0) is 11.3 Å². The Balaban J connectivity index is 1.32. The molecule has 3 atom stereocenters. The Hall–Kier alpha value is -2.86. The molecule has 150 valence electrons. The number of aromatic amines is 1. The molecular weight excluding hydrogens is 364 g/mol. The Morgan fingerprint density at radius 1 is 1.14 bits per heavy atom. The molecule has 0 saturated carbocycles. The topological polar surface area (TPSA) is 65.4 Å². The number of benzene rings is 1. The van der Waals surface area contributed by atoms with Gasteiger partial charge in [0.05, 0.1) is 12.6 Å². The van der Waals surface area contributed by atoms with Gasteiger partial charge in [-0.25, -0.2) is 0 Å². The fraction of sp³-hybridized carbons (Fsp3) is 0.391. The molecule has 2 aromatic heterocycles. The summed E-state index contributed by atoms with van der Waals surface area (Å²) in [6.45, 7) is 5.59. The summed E-state index contributed by atoms with van der Waals surface area (Å²) in [6.07, 6.45) is 2.29. The number of amides is 1. The van der Waals surface area contributed by atoms with Crippen LogP contribution in [0.5, 0.6) is 0 Å². The number of nitrogens with one attached hydrogen (secondary N) is 1. The van der Waals surface area contributed by atoms with E-state index in [9.17, 15) is 4.79 Å². The number of rotatable bonds is 5. The molecule has 6 heteroatoms. The molecule has 1 amide bonds. The van der Waals surface area contributed by atoms with Gasteiger partial charge < -0.3 is 9.32 Å². The van der Waals surface area contributed by atoms with Crippen molar-refractivity contribution in [3.8, 4) is 11.5 Å². The van der Waals surface area contributed by atoms with Crippen LogP contribution in [0.15, 0.2) is 59.1 Å². The van der Waals surface area contributed by atoms with Gasteiger partial charge in [0.1, 0.15) is 11.5 Å². The van der Waals surface area contributed by atoms with Gasteiger partial charge in [0, 0.05) is 38.2 Å². The number of furan rings is 1. The summed E-state index contributed by atoms with van der Waals surface area (Å²) in [4.78, 5) is 17.2. The first-order valence-electron chi connectivity index (χ1n) is 10.4. The van der Waals surface area contributed by atoms with E-state index >= 15 is 0 Å². The molecule has 0 aliphatic carbocycles. The van der Waals surface area contributed by atoms with E-state index in [4.69, 9.17) is 4.42 Å². The van der Waals surface area contributed by atoms with E-state index in [1.54, 1.807) is 6.20 Å². The Kier molecular flexibility index (Phi) is 4.72. The molecule has 2 aliphatic heterocycles. The molecule has 4 heterocycles. The fourth-order valence-corrected chi connectivity index (χ4v) is 5.02. The number of aromatic nitrogens is 2. The van der Waals surface area contributed by atoms with Crippen LogP contribution in [0.25, 0.3) is 11.5 Å². The lowest BCUT2D eigenvalue weighted by atomic mass is 9.89. The number of carbonyl (C=O) groups is 1. The van der Waals surface area contributed by atoms with Crippen molar-refractivity contribution in [3.05, 3.63) is 66.1 Å². The molecule has 1 aromatic carbocycles. The minimum Gasteiger partial charge on any atom is -0.458 e. The molecule has 6 nitrogen and oxygen atoms in total. The number of fused-ring (bicyclic) bond motifs is 1. The summed E-state index contributed by atoms with van der Waals surface area (Å²) >= 11 is 0. The van der Waals surface area contributed by atoms with Gasteiger partial charge in [0.2, 0.25) is 5.91 Å². The molecule has 2 fully saturated rings. The van der Waals surface area contributed by atoms with Gasteiger partial charge in [-0.1, -0.05) is 37.3 Å². The largest absolute Gasteiger partial charge is 0.458 e. The van der Waals surface area contributed by atoms with E-state index < -0.39 is 0 Å². The zero-order valence-electron chi connectivity index (χ0n) is 16.6. The maximum atomic E-state index is 12.6. The second-order valence-corrected chi connectivity index (χ2v) is 8.11. The fourth-order valence-electron chi connectivity index (χ4n) is 5.02. The first-order chi connectivity index (χ1) is 14.2. The van der Waals surface area contributed by atoms with Crippen LogP contribution in [0.4, 0.5) is 0 Å². The van der Waals surface area contributed by atoms with Gasteiger partial charge in [-0.05, 0) is 29.7 Å². The highest BCUT2D eigenvalue weighted by Crippen LogP contribution is 2.45. The highest BCUT2D eigenvalue weighted by molar-refractivity contribution is 5.77. The molecule has 0 bridgehead atoms. The van der Waals surface area contributed by atoms with E-state index in [-0.39, 0.29) is 11.9 Å². The molecular formula is C23H26N4O2. The SMILES string of the molecule is CCC(=O)N1C[C@@H]2CN(Cc3ccc(-c4ccn[nH]4)o3)C[C@@H]2[C@H]1c1ccccc1. The summed E-state index contributed by atoms with van der Waals surface area (Å²) in [5, 5.41) is 6.93. The number of carbonyl (C=O) groups excluding carboxylic acids is 1. The Bertz CT molecular complexity index is 966. The smallest absolute Gasteiger partial charge is 0.222 e. The Labute approximate surface area is 170 Å². The zero-order chi connectivity index (χ0) is 19.8. The Morgan fingerprint density at radius 2 is 2.00 bits per heavy atom. The quantitative estimate of drug-likeness (QED) is 0.721. The van der Waals surface area contributed by atoms with Crippen LogP contribution >= 0.6 is 0 Å². The minimum atomic E-state index is 0.177. The molecule has 0 unspecified atom stereocenters. The molecule has 0 spiro atoms. The van der Waals surface area contributed by atoms with Gasteiger partial charge in [-0.3, -0.25) is 14.8 Å². The van der Waals surface area contributed by atoms with Crippen LogP contribution in [0.1, 0.15) is 30.7 Å². The summed E-state index contributed by atoms with van der Waals surface area (Å²) in [6, 6.07) is 16.6. The van der Waals surface area contributed by atoms with Crippen LogP contribution < -0.4 is 0 Å². The molecule has 0 radical (unpaired) electrons. The van der Waals surface area contributed by atoms with E-state index in [1.165, 1.54) is 5.56 Å². The normalized spacial score (nSPS) is 24.2. The lowest BCUT2D eigenvalue weighted by Gasteiger charge is -2.29. The summed E-state index contributed by atoms with van der Waals surface area (Å²) < 4.78 is 6.02. The van der Waals surface area contributed by atoms with E-state index in [2.05, 4.69) is 44.3 Å². The summed E-state index contributed by atoms with van der Waals surface area (Å²) in [7, 11) is 0. The van der Waals surface area contributed by atoms with Crippen LogP contribution in [0, 0.1) is 11.8 Å². The monoisotopic (exact) mass is 390 g/mol. The van der Waals surface area contributed by atoms with E-state index in [0.29, 0.717) is 18.3 Å². The molecule has 2 saturated heterocycles. The maximum absolute atomic E-state index is 12.6. The van der Waals surface area contributed by atoms with Gasteiger partial charge in [0.25, 0.3) is 0 Å². The predicted molar refractivity (Wildman–Crippen MR) is 110 cm³/mol. The molecule has 3 aromatic rings. The summed E-state index contributed by atoms with van der Waals surface area (Å²) in [5.41, 5.74) is 2.15. The molecule has 29 heavy (non-hydrogen) atoms. The molecule has 5 rings (SSSR count). The van der Waals surface area contributed by atoms with Crippen molar-refractivity contribution in [3.63, 3.8) is 0 Å². The van der Waals surface area contributed by atoms with Gasteiger partial charge in [0.15, 0.2) is 5.76 Å². The lowest BCUT2D eigenvalue weighted by Crippen LogP contribution is -2.35. The van der Waals surface area contributed by atoms with Crippen molar-refractivity contribution in [1.82, 2.24) is 20.0 Å². The average molecular weight is 390 g/mol. The number of likely N-dealkylation sites (tertiary alicyclic amines) is 2. The van der Waals surface area contributed by atoms with Crippen molar-refractivity contribution in [2.24, 2.45) is 11.8 Å². The first-order valence-corrected chi connectivity index (χ1v) is 10.4. The third kappa shape index (κ3) is 3.38. The van der Waals surface area contributed by atoms with Gasteiger partial charge >= 0.3 is 0 Å². The van der Waals surface area contributed by atoms with Crippen molar-refractivity contribution >= 4 is 5.91 Å². The van der Waals surface area contributed by atoms with Crippen LogP contribution in [0.2, 0.25) is 0 Å². The average Bonchev–Trinajstić information content (AvgIpc) is 3.52. The van der Waals surface area contributed by atoms with Crippen molar-refractivity contribution < 1.29 is 9.21 Å². The minimum absolute atomic E-state index is 0.177. The highest BCUT2D eigenvalue weighted by Gasteiger charge is 2.48. The van der Waals surface area contributed by atoms with Gasteiger partial charge in [-0.2, -0.15) is 5.10 Å². The molecule has 1 N–H and O–H groups in total. The predicted octanol–water partition coefficient (Wildman–Crippen LogP) is 3.71. The molecule has 2 aliphatic rings. The number of H-pyrrole nitrogens is 1. The van der Waals surface area contributed by atoms with Crippen LogP contribution in [-0.4, -0.2) is 45.5 Å². The number of hydrogen-bond acceptors (Lipinski definition) is 4. The van der Waals surface area contributed by atoms with E-state index in [0.717, 1.165) is 43.4 Å². The number of nitrogens with zero attached hydrogens (tertiary/aromatic N) is 3. The standard InChI is InChI=1S/C23H26N4O2/c1-2-22(28)27-13-17-12-26(15-19(17)23(27)16-6-4-3-5-7-16)14-18-8-9-21(29-18)20-10-11-24-25-20/h3-11,17,19,23H,2,12-15H2,1H3,(H,24,25)/t17-,19-,23+/m0/s1. The van der Waals surface area contributed by atoms with E-state index in [1.807, 2.05) is 31.2 Å². The van der Waals surface area contributed by atoms with Crippen molar-refractivity contribution in [2.75, 3.05) is 19.6 Å². The lowest BCUT2D eigenvalue weighted by molar-refractivity contribution is -0.132. The Morgan fingerprint density at radius 3 is 2.76 bits per heavy atom.